The summed E-state index contributed by atoms with van der Waals surface area (Å²) in [5, 5.41) is 0. The van der Waals surface area contributed by atoms with Crippen molar-refractivity contribution >= 4 is 5.91 Å². The Morgan fingerprint density at radius 2 is 2.00 bits per heavy atom. The van der Waals surface area contributed by atoms with Gasteiger partial charge < -0.3 is 9.32 Å². The van der Waals surface area contributed by atoms with Gasteiger partial charge in [-0.25, -0.2) is 4.39 Å². The molecule has 0 N–H and O–H groups in total. The molecule has 0 aliphatic heterocycles. The van der Waals surface area contributed by atoms with Gasteiger partial charge in [0.05, 0.1) is 17.9 Å². The van der Waals surface area contributed by atoms with Gasteiger partial charge in [0.15, 0.2) is 0 Å². The van der Waals surface area contributed by atoms with Gasteiger partial charge in [-0.1, -0.05) is 12.1 Å². The van der Waals surface area contributed by atoms with E-state index in [2.05, 4.69) is 0 Å². The molecule has 2 rings (SSSR count). The van der Waals surface area contributed by atoms with Crippen molar-refractivity contribution in [3.63, 3.8) is 0 Å². The number of amides is 1. The largest absolute Gasteiger partial charge is 0.467 e. The lowest BCUT2D eigenvalue weighted by Crippen LogP contribution is -2.30. The number of carbonyl (C=O) groups excluding carboxylic acids is 1. The first kappa shape index (κ1) is 12.4. The molecular formula is C14H14FNO2. The third-order valence-electron chi connectivity index (χ3n) is 2.96. The minimum atomic E-state index is -0.513. The Bertz CT molecular complexity index is 536. The van der Waals surface area contributed by atoms with Crippen LogP contribution in [0.5, 0.6) is 0 Å². The summed E-state index contributed by atoms with van der Waals surface area (Å²) in [5.74, 6) is -0.208. The number of hydrogen-bond acceptors (Lipinski definition) is 2. The molecule has 0 aliphatic rings. The first-order valence-electron chi connectivity index (χ1n) is 5.66. The molecule has 1 unspecified atom stereocenters. The number of halogens is 1. The highest BCUT2D eigenvalue weighted by molar-refractivity contribution is 5.94. The highest BCUT2D eigenvalue weighted by atomic mass is 19.1. The summed E-state index contributed by atoms with van der Waals surface area (Å²) in [4.78, 5) is 13.6. The predicted octanol–water partition coefficient (Wildman–Crippen LogP) is 3.25. The average Bonchev–Trinajstić information content (AvgIpc) is 2.90. The topological polar surface area (TPSA) is 33.5 Å². The van der Waals surface area contributed by atoms with E-state index in [-0.39, 0.29) is 17.5 Å². The maximum absolute atomic E-state index is 13.5. The SMILES string of the molecule is CC(c1ccco1)N(C)C(=O)c1ccccc1F. The zero-order chi connectivity index (χ0) is 13.1. The van der Waals surface area contributed by atoms with Crippen molar-refractivity contribution < 1.29 is 13.6 Å². The lowest BCUT2D eigenvalue weighted by molar-refractivity contribution is 0.0721. The van der Waals surface area contributed by atoms with Crippen molar-refractivity contribution in [1.82, 2.24) is 4.90 Å². The smallest absolute Gasteiger partial charge is 0.257 e. The van der Waals surface area contributed by atoms with Crippen molar-refractivity contribution in [3.05, 3.63) is 59.8 Å². The number of hydrogen-bond donors (Lipinski definition) is 0. The van der Waals surface area contributed by atoms with Crippen molar-refractivity contribution in [2.75, 3.05) is 7.05 Å². The molecule has 1 aromatic carbocycles. The molecule has 0 radical (unpaired) electrons. The van der Waals surface area contributed by atoms with E-state index in [1.165, 1.54) is 17.0 Å². The van der Waals surface area contributed by atoms with E-state index in [1.807, 2.05) is 6.92 Å². The molecule has 3 nitrogen and oxygen atoms in total. The number of nitrogens with zero attached hydrogens (tertiary/aromatic N) is 1. The summed E-state index contributed by atoms with van der Waals surface area (Å²) in [5.41, 5.74) is 0.0680. The Morgan fingerprint density at radius 1 is 1.28 bits per heavy atom. The summed E-state index contributed by atoms with van der Waals surface area (Å²) in [7, 11) is 1.63. The fraction of sp³-hybridized carbons (Fsp3) is 0.214. The highest BCUT2D eigenvalue weighted by Gasteiger charge is 2.22. The van der Waals surface area contributed by atoms with E-state index in [9.17, 15) is 9.18 Å². The first-order chi connectivity index (χ1) is 8.61. The van der Waals surface area contributed by atoms with Crippen LogP contribution in [0.3, 0.4) is 0 Å². The fourth-order valence-electron chi connectivity index (χ4n) is 1.72. The molecule has 0 aliphatic carbocycles. The lowest BCUT2D eigenvalue weighted by Gasteiger charge is -2.23. The molecule has 18 heavy (non-hydrogen) atoms. The standard InChI is InChI=1S/C14H14FNO2/c1-10(13-8-5-9-18-13)16(2)14(17)11-6-3-4-7-12(11)15/h3-10H,1-2H3. The fourth-order valence-corrected chi connectivity index (χ4v) is 1.72. The molecule has 1 atom stereocenters. The quantitative estimate of drug-likeness (QED) is 0.834. The van der Waals surface area contributed by atoms with Gasteiger partial charge in [-0.2, -0.15) is 0 Å². The number of furan rings is 1. The van der Waals surface area contributed by atoms with Crippen LogP contribution in [-0.2, 0) is 0 Å². The second kappa shape index (κ2) is 5.04. The van der Waals surface area contributed by atoms with Gasteiger partial charge in [0.2, 0.25) is 0 Å². The van der Waals surface area contributed by atoms with E-state index >= 15 is 0 Å². The van der Waals surface area contributed by atoms with Crippen molar-refractivity contribution in [2.24, 2.45) is 0 Å². The molecule has 1 heterocycles. The van der Waals surface area contributed by atoms with Crippen LogP contribution in [0.25, 0.3) is 0 Å². The average molecular weight is 247 g/mol. The van der Waals surface area contributed by atoms with Gasteiger partial charge in [0, 0.05) is 7.05 Å². The molecular weight excluding hydrogens is 233 g/mol. The van der Waals surface area contributed by atoms with Gasteiger partial charge in [0.25, 0.3) is 5.91 Å². The van der Waals surface area contributed by atoms with Gasteiger partial charge >= 0.3 is 0 Å². The number of carbonyl (C=O) groups is 1. The third-order valence-corrected chi connectivity index (χ3v) is 2.96. The van der Waals surface area contributed by atoms with Gasteiger partial charge in [-0.05, 0) is 31.2 Å². The van der Waals surface area contributed by atoms with Crippen LogP contribution in [0.1, 0.15) is 29.1 Å². The summed E-state index contributed by atoms with van der Waals surface area (Å²) in [6.45, 7) is 1.83. The summed E-state index contributed by atoms with van der Waals surface area (Å²) >= 11 is 0. The molecule has 0 saturated heterocycles. The summed E-state index contributed by atoms with van der Waals surface area (Å²) in [6, 6.07) is 9.25. The molecule has 1 aromatic heterocycles. The van der Waals surface area contributed by atoms with Crippen LogP contribution in [0.15, 0.2) is 47.1 Å². The zero-order valence-electron chi connectivity index (χ0n) is 10.3. The Balaban J connectivity index is 2.22. The summed E-state index contributed by atoms with van der Waals surface area (Å²) in [6.07, 6.45) is 1.55. The van der Waals surface area contributed by atoms with E-state index in [0.717, 1.165) is 0 Å². The molecule has 0 fully saturated rings. The maximum Gasteiger partial charge on any atom is 0.257 e. The Labute approximate surface area is 105 Å². The van der Waals surface area contributed by atoms with E-state index in [0.29, 0.717) is 5.76 Å². The van der Waals surface area contributed by atoms with Crippen LogP contribution < -0.4 is 0 Å². The van der Waals surface area contributed by atoms with Crippen LogP contribution >= 0.6 is 0 Å². The maximum atomic E-state index is 13.5. The Morgan fingerprint density at radius 3 is 2.61 bits per heavy atom. The van der Waals surface area contributed by atoms with E-state index in [1.54, 1.807) is 37.6 Å². The second-order valence-electron chi connectivity index (χ2n) is 4.09. The zero-order valence-corrected chi connectivity index (χ0v) is 10.3. The van der Waals surface area contributed by atoms with Crippen LogP contribution in [0.4, 0.5) is 4.39 Å². The monoisotopic (exact) mass is 247 g/mol. The minimum absolute atomic E-state index is 0.0680. The van der Waals surface area contributed by atoms with Crippen LogP contribution in [-0.4, -0.2) is 17.9 Å². The molecule has 0 spiro atoms. The molecule has 4 heteroatoms. The highest BCUT2D eigenvalue weighted by Crippen LogP contribution is 2.21. The Hall–Kier alpha value is -2.10. The molecule has 0 bridgehead atoms. The summed E-state index contributed by atoms with van der Waals surface area (Å²) < 4.78 is 18.8. The molecule has 0 saturated carbocycles. The third kappa shape index (κ3) is 2.27. The van der Waals surface area contributed by atoms with Gasteiger partial charge in [-0.15, -0.1) is 0 Å². The molecule has 1 amide bonds. The van der Waals surface area contributed by atoms with Crippen molar-refractivity contribution in [3.8, 4) is 0 Å². The normalized spacial score (nSPS) is 12.2. The second-order valence-corrected chi connectivity index (χ2v) is 4.09. The lowest BCUT2D eigenvalue weighted by atomic mass is 10.1. The predicted molar refractivity (Wildman–Crippen MR) is 65.6 cm³/mol. The molecule has 94 valence electrons. The van der Waals surface area contributed by atoms with Gasteiger partial charge in [-0.3, -0.25) is 4.79 Å². The van der Waals surface area contributed by atoms with E-state index < -0.39 is 5.82 Å². The van der Waals surface area contributed by atoms with Crippen LogP contribution in [0, 0.1) is 5.82 Å². The van der Waals surface area contributed by atoms with Gasteiger partial charge in [0.1, 0.15) is 11.6 Å². The number of rotatable bonds is 3. The van der Waals surface area contributed by atoms with Crippen molar-refractivity contribution in [1.29, 1.82) is 0 Å². The Kier molecular flexibility index (Phi) is 3.46. The number of benzene rings is 1. The van der Waals surface area contributed by atoms with E-state index in [4.69, 9.17) is 4.42 Å². The minimum Gasteiger partial charge on any atom is -0.467 e. The van der Waals surface area contributed by atoms with Crippen molar-refractivity contribution in [2.45, 2.75) is 13.0 Å². The molecule has 2 aromatic rings. The first-order valence-corrected chi connectivity index (χ1v) is 5.66. The van der Waals surface area contributed by atoms with Crippen LogP contribution in [0.2, 0.25) is 0 Å².